The number of aliphatic hydroxyl groups excluding tert-OH is 1. The number of hydrogen-bond donors (Lipinski definition) is 4. The minimum absolute atomic E-state index is 0.00541. The third-order valence-electron chi connectivity index (χ3n) is 7.69. The van der Waals surface area contributed by atoms with Crippen LogP contribution in [0.2, 0.25) is 0 Å². The molecule has 1 aliphatic heterocycles. The second kappa shape index (κ2) is 16.8. The van der Waals surface area contributed by atoms with Crippen LogP contribution in [0, 0.1) is 0 Å². The predicted octanol–water partition coefficient (Wildman–Crippen LogP) is 5.19. The van der Waals surface area contributed by atoms with Crippen molar-refractivity contribution < 1.29 is 29.4 Å². The van der Waals surface area contributed by atoms with Crippen molar-refractivity contribution in [2.24, 2.45) is 0 Å². The van der Waals surface area contributed by atoms with Crippen molar-refractivity contribution in [1.29, 1.82) is 0 Å². The van der Waals surface area contributed by atoms with Gasteiger partial charge in [0.15, 0.2) is 6.29 Å². The molecule has 44 heavy (non-hydrogen) atoms. The predicted molar refractivity (Wildman–Crippen MR) is 168 cm³/mol. The van der Waals surface area contributed by atoms with Gasteiger partial charge in [-0.05, 0) is 53.8 Å². The highest BCUT2D eigenvalue weighted by molar-refractivity contribution is 5.76. The summed E-state index contributed by atoms with van der Waals surface area (Å²) in [7, 11) is 2.05. The molecule has 1 fully saturated rings. The van der Waals surface area contributed by atoms with E-state index in [-0.39, 0.29) is 31.1 Å². The number of rotatable bonds is 15. The van der Waals surface area contributed by atoms with Gasteiger partial charge in [0.2, 0.25) is 11.8 Å². The number of nitrogens with one attached hydrogen (secondary N) is 2. The van der Waals surface area contributed by atoms with Crippen LogP contribution in [0.15, 0.2) is 85.5 Å². The molecule has 4 rings (SSSR count). The fourth-order valence-electron chi connectivity index (χ4n) is 5.29. The average Bonchev–Trinajstić information content (AvgIpc) is 3.05. The van der Waals surface area contributed by atoms with Crippen LogP contribution in [-0.2, 0) is 32.2 Å². The molecule has 0 saturated carbocycles. The van der Waals surface area contributed by atoms with E-state index in [1.807, 2.05) is 60.7 Å². The fourth-order valence-corrected chi connectivity index (χ4v) is 5.29. The van der Waals surface area contributed by atoms with Crippen LogP contribution in [-0.4, -0.2) is 53.3 Å². The maximum Gasteiger partial charge on any atom is 0.243 e. The van der Waals surface area contributed by atoms with E-state index in [1.54, 1.807) is 5.48 Å². The number of carbonyl (C=O) groups excluding carboxylic acids is 2. The number of benzene rings is 3. The topological polar surface area (TPSA) is 120 Å². The number of amides is 2. The molecule has 1 heterocycles. The molecule has 0 radical (unpaired) electrons. The quantitative estimate of drug-likeness (QED) is 0.0819. The summed E-state index contributed by atoms with van der Waals surface area (Å²) >= 11 is 0. The standard InChI is InChI=1S/C35H43N3O6/c1-3-19-38(2)23-31-21-32(28-13-11-25(24-39)12-14-28)44-35(43-31)29-17-15-27(16-18-29)30-8-6-7-26(20-30)22-36-33(40)9-4-5-10-34(41)37-42/h3,6-8,11-18,20,31-32,35,39,42H,1,4-5,9-10,19,21-24H2,2H3,(H,36,40)(H,37,41)/t31-,32+,35+/m0/s1. The molecule has 9 heteroatoms. The van der Waals surface area contributed by atoms with E-state index in [0.717, 1.165) is 52.9 Å². The summed E-state index contributed by atoms with van der Waals surface area (Å²) in [5, 5.41) is 20.9. The van der Waals surface area contributed by atoms with Gasteiger partial charge in [0, 0.05) is 44.5 Å². The molecule has 1 aliphatic rings. The number of ether oxygens (including phenoxy) is 2. The van der Waals surface area contributed by atoms with Gasteiger partial charge in [0.05, 0.1) is 18.8 Å². The zero-order valence-electron chi connectivity index (χ0n) is 25.3. The van der Waals surface area contributed by atoms with Crippen LogP contribution in [0.1, 0.15) is 66.8 Å². The van der Waals surface area contributed by atoms with Gasteiger partial charge in [0.25, 0.3) is 0 Å². The second-order valence-electron chi connectivity index (χ2n) is 11.2. The Kier molecular flexibility index (Phi) is 12.6. The van der Waals surface area contributed by atoms with Gasteiger partial charge in [-0.3, -0.25) is 14.8 Å². The van der Waals surface area contributed by atoms with Gasteiger partial charge in [-0.15, -0.1) is 6.58 Å². The maximum atomic E-state index is 12.2. The summed E-state index contributed by atoms with van der Waals surface area (Å²) in [6.07, 6.45) is 3.52. The van der Waals surface area contributed by atoms with Crippen LogP contribution < -0.4 is 10.8 Å². The van der Waals surface area contributed by atoms with Gasteiger partial charge in [-0.2, -0.15) is 0 Å². The van der Waals surface area contributed by atoms with E-state index in [9.17, 15) is 14.7 Å². The van der Waals surface area contributed by atoms with Gasteiger partial charge in [0.1, 0.15) is 0 Å². The van der Waals surface area contributed by atoms with Gasteiger partial charge in [-0.25, -0.2) is 5.48 Å². The van der Waals surface area contributed by atoms with Crippen molar-refractivity contribution in [3.8, 4) is 11.1 Å². The summed E-state index contributed by atoms with van der Waals surface area (Å²) in [6.45, 7) is 5.78. The molecule has 0 spiro atoms. The largest absolute Gasteiger partial charge is 0.392 e. The van der Waals surface area contributed by atoms with Crippen molar-refractivity contribution in [2.45, 2.75) is 63.8 Å². The number of carbonyl (C=O) groups is 2. The molecule has 3 aromatic carbocycles. The Hall–Kier alpha value is -3.86. The number of likely N-dealkylation sites (N-methyl/N-ethyl adjacent to an activating group) is 1. The Morgan fingerprint density at radius 1 is 0.932 bits per heavy atom. The lowest BCUT2D eigenvalue weighted by molar-refractivity contribution is -0.252. The minimum atomic E-state index is -0.526. The van der Waals surface area contributed by atoms with Crippen LogP contribution in [0.3, 0.4) is 0 Å². The van der Waals surface area contributed by atoms with Gasteiger partial charge in [-0.1, -0.05) is 72.8 Å². The molecule has 0 unspecified atom stereocenters. The molecular weight excluding hydrogens is 558 g/mol. The fraction of sp³-hybridized carbons (Fsp3) is 0.371. The van der Waals surface area contributed by atoms with Crippen molar-refractivity contribution >= 4 is 11.8 Å². The van der Waals surface area contributed by atoms with Crippen LogP contribution >= 0.6 is 0 Å². The van der Waals surface area contributed by atoms with Crippen LogP contribution in [0.5, 0.6) is 0 Å². The molecule has 2 amide bonds. The molecule has 3 aromatic rings. The normalized spacial score (nSPS) is 18.1. The SMILES string of the molecule is C=CCN(C)C[C@@H]1C[C@H](c2ccc(CO)cc2)O[C@H](c2ccc(-c3cccc(CNC(=O)CCCCC(=O)NO)c3)cc2)O1. The Morgan fingerprint density at radius 2 is 1.64 bits per heavy atom. The molecular formula is C35H43N3O6. The molecule has 234 valence electrons. The van der Waals surface area contributed by atoms with Crippen molar-refractivity contribution in [3.05, 3.63) is 108 Å². The first-order valence-corrected chi connectivity index (χ1v) is 15.1. The Labute approximate surface area is 259 Å². The van der Waals surface area contributed by atoms with E-state index < -0.39 is 12.2 Å². The van der Waals surface area contributed by atoms with Crippen molar-refractivity contribution in [3.63, 3.8) is 0 Å². The van der Waals surface area contributed by atoms with Gasteiger partial charge < -0.3 is 24.8 Å². The average molecular weight is 602 g/mol. The summed E-state index contributed by atoms with van der Waals surface area (Å²) < 4.78 is 12.9. The first-order chi connectivity index (χ1) is 21.4. The first kappa shape index (κ1) is 33.0. The lowest BCUT2D eigenvalue weighted by Gasteiger charge is -2.37. The number of aliphatic hydroxyl groups is 1. The molecule has 3 atom stereocenters. The smallest absolute Gasteiger partial charge is 0.243 e. The molecule has 9 nitrogen and oxygen atoms in total. The third kappa shape index (κ3) is 9.83. The van der Waals surface area contributed by atoms with Crippen LogP contribution in [0.4, 0.5) is 0 Å². The number of hydrogen-bond acceptors (Lipinski definition) is 7. The van der Waals surface area contributed by atoms with E-state index in [4.69, 9.17) is 14.7 Å². The number of hydroxylamine groups is 1. The minimum Gasteiger partial charge on any atom is -0.392 e. The highest BCUT2D eigenvalue weighted by Crippen LogP contribution is 2.38. The molecule has 0 aromatic heterocycles. The highest BCUT2D eigenvalue weighted by Gasteiger charge is 2.32. The summed E-state index contributed by atoms with van der Waals surface area (Å²) in [5.41, 5.74) is 7.51. The second-order valence-corrected chi connectivity index (χ2v) is 11.2. The molecule has 4 N–H and O–H groups in total. The zero-order valence-corrected chi connectivity index (χ0v) is 25.3. The number of nitrogens with zero attached hydrogens (tertiary/aromatic N) is 1. The van der Waals surface area contributed by atoms with E-state index in [0.29, 0.717) is 25.8 Å². The Morgan fingerprint density at radius 3 is 2.32 bits per heavy atom. The monoisotopic (exact) mass is 601 g/mol. The molecule has 1 saturated heterocycles. The van der Waals surface area contributed by atoms with Crippen molar-refractivity contribution in [1.82, 2.24) is 15.7 Å². The maximum absolute atomic E-state index is 12.2. The van der Waals surface area contributed by atoms with E-state index >= 15 is 0 Å². The van der Waals surface area contributed by atoms with E-state index in [1.165, 1.54) is 0 Å². The lowest BCUT2D eigenvalue weighted by atomic mass is 9.99. The van der Waals surface area contributed by atoms with E-state index in [2.05, 4.69) is 42.0 Å². The third-order valence-corrected chi connectivity index (χ3v) is 7.69. The molecule has 0 aliphatic carbocycles. The number of unbranched alkanes of at least 4 members (excludes halogenated alkanes) is 1. The molecule has 0 bridgehead atoms. The summed E-state index contributed by atoms with van der Waals surface area (Å²) in [4.78, 5) is 25.5. The van der Waals surface area contributed by atoms with Crippen molar-refractivity contribution in [2.75, 3.05) is 20.1 Å². The van der Waals surface area contributed by atoms with Crippen LogP contribution in [0.25, 0.3) is 11.1 Å². The van der Waals surface area contributed by atoms with Gasteiger partial charge >= 0.3 is 0 Å². The zero-order chi connectivity index (χ0) is 31.3. The summed E-state index contributed by atoms with van der Waals surface area (Å²) in [5.74, 6) is -0.520. The Balaban J connectivity index is 1.39. The first-order valence-electron chi connectivity index (χ1n) is 15.1. The summed E-state index contributed by atoms with van der Waals surface area (Å²) in [6, 6.07) is 24.1. The highest BCUT2D eigenvalue weighted by atomic mass is 16.7. The lowest BCUT2D eigenvalue weighted by Crippen LogP contribution is -2.37. The Bertz CT molecular complexity index is 1360.